The molecule has 3 nitrogen and oxygen atoms in total. The van der Waals surface area contributed by atoms with Crippen LogP contribution in [0.4, 0.5) is 0 Å². The third-order valence-electron chi connectivity index (χ3n) is 3.61. The van der Waals surface area contributed by atoms with Crippen LogP contribution in [0, 0.1) is 0 Å². The molecule has 0 spiro atoms. The molecule has 0 aromatic rings. The van der Waals surface area contributed by atoms with Gasteiger partial charge in [-0.1, -0.05) is 0 Å². The van der Waals surface area contributed by atoms with E-state index in [1.165, 1.54) is 0 Å². The summed E-state index contributed by atoms with van der Waals surface area (Å²) in [5.41, 5.74) is 0. The summed E-state index contributed by atoms with van der Waals surface area (Å²) in [4.78, 5) is 0. The van der Waals surface area contributed by atoms with Gasteiger partial charge in [0.25, 0.3) is 0 Å². The van der Waals surface area contributed by atoms with Crippen molar-refractivity contribution >= 4 is 0 Å². The van der Waals surface area contributed by atoms with E-state index in [4.69, 9.17) is 9.47 Å². The first-order valence-corrected chi connectivity index (χ1v) is 6.67. The van der Waals surface area contributed by atoms with E-state index in [-0.39, 0.29) is 0 Å². The first-order valence-electron chi connectivity index (χ1n) is 6.67. The molecule has 0 aliphatic carbocycles. The van der Waals surface area contributed by atoms with Crippen LogP contribution in [0.5, 0.6) is 0 Å². The topological polar surface area (TPSA) is 30.5 Å². The van der Waals surface area contributed by atoms with Crippen LogP contribution in [0.2, 0.25) is 0 Å². The molecule has 4 atom stereocenters. The Balaban J connectivity index is 1.79. The van der Waals surface area contributed by atoms with Gasteiger partial charge >= 0.3 is 0 Å². The summed E-state index contributed by atoms with van der Waals surface area (Å²) < 4.78 is 12.0. The fourth-order valence-corrected chi connectivity index (χ4v) is 2.94. The number of piperidine rings is 1. The molecule has 2 fully saturated rings. The summed E-state index contributed by atoms with van der Waals surface area (Å²) in [5.74, 6) is 0. The Hall–Kier alpha value is -0.120. The SMILES string of the molecule is CC1CC(OC2CC(C)OC(C)C2)CCN1. The van der Waals surface area contributed by atoms with Crippen molar-refractivity contribution in [3.05, 3.63) is 0 Å². The predicted octanol–water partition coefficient (Wildman–Crippen LogP) is 2.10. The van der Waals surface area contributed by atoms with Crippen molar-refractivity contribution in [3.8, 4) is 0 Å². The minimum atomic E-state index is 0.355. The van der Waals surface area contributed by atoms with E-state index in [9.17, 15) is 0 Å². The van der Waals surface area contributed by atoms with Crippen LogP contribution >= 0.6 is 0 Å². The van der Waals surface area contributed by atoms with Crippen molar-refractivity contribution in [2.24, 2.45) is 0 Å². The molecule has 0 aromatic carbocycles. The maximum Gasteiger partial charge on any atom is 0.0628 e. The molecule has 2 heterocycles. The van der Waals surface area contributed by atoms with Crippen LogP contribution in [0.3, 0.4) is 0 Å². The van der Waals surface area contributed by atoms with Gasteiger partial charge in [0.2, 0.25) is 0 Å². The Morgan fingerprint density at radius 3 is 2.31 bits per heavy atom. The van der Waals surface area contributed by atoms with Crippen molar-refractivity contribution in [2.75, 3.05) is 6.54 Å². The highest BCUT2D eigenvalue weighted by molar-refractivity contribution is 4.79. The molecule has 1 N–H and O–H groups in total. The lowest BCUT2D eigenvalue weighted by atomic mass is 9.99. The second kappa shape index (κ2) is 5.48. The molecule has 0 radical (unpaired) electrons. The average molecular weight is 227 g/mol. The second-order valence-corrected chi connectivity index (χ2v) is 5.49. The van der Waals surface area contributed by atoms with Gasteiger partial charge in [-0.25, -0.2) is 0 Å². The lowest BCUT2D eigenvalue weighted by molar-refractivity contribution is -0.127. The van der Waals surface area contributed by atoms with Crippen LogP contribution in [0.25, 0.3) is 0 Å². The smallest absolute Gasteiger partial charge is 0.0628 e. The van der Waals surface area contributed by atoms with E-state index in [0.717, 1.165) is 32.2 Å². The van der Waals surface area contributed by atoms with E-state index in [1.807, 2.05) is 0 Å². The van der Waals surface area contributed by atoms with Crippen LogP contribution in [0.15, 0.2) is 0 Å². The zero-order chi connectivity index (χ0) is 11.5. The Morgan fingerprint density at radius 2 is 1.69 bits per heavy atom. The highest BCUT2D eigenvalue weighted by atomic mass is 16.5. The van der Waals surface area contributed by atoms with Crippen molar-refractivity contribution in [2.45, 2.75) is 76.9 Å². The maximum absolute atomic E-state index is 6.22. The molecule has 4 unspecified atom stereocenters. The molecule has 2 saturated heterocycles. The minimum Gasteiger partial charge on any atom is -0.375 e. The molecule has 0 amide bonds. The quantitative estimate of drug-likeness (QED) is 0.783. The molecule has 16 heavy (non-hydrogen) atoms. The summed E-state index contributed by atoms with van der Waals surface area (Å²) >= 11 is 0. The van der Waals surface area contributed by atoms with Gasteiger partial charge in [0.1, 0.15) is 0 Å². The van der Waals surface area contributed by atoms with Gasteiger partial charge in [0, 0.05) is 6.04 Å². The third kappa shape index (κ3) is 3.44. The Labute approximate surface area is 98.9 Å². The molecule has 3 heteroatoms. The van der Waals surface area contributed by atoms with Gasteiger partial charge in [-0.05, 0) is 53.0 Å². The van der Waals surface area contributed by atoms with Crippen molar-refractivity contribution in [1.82, 2.24) is 5.32 Å². The van der Waals surface area contributed by atoms with Gasteiger partial charge < -0.3 is 14.8 Å². The number of ether oxygens (including phenoxy) is 2. The van der Waals surface area contributed by atoms with E-state index in [1.54, 1.807) is 0 Å². The number of hydrogen-bond donors (Lipinski definition) is 1. The Kier molecular flexibility index (Phi) is 4.22. The normalized spacial score (nSPS) is 45.6. The first-order chi connectivity index (χ1) is 7.63. The number of nitrogens with one attached hydrogen (secondary N) is 1. The van der Waals surface area contributed by atoms with Gasteiger partial charge in [-0.15, -0.1) is 0 Å². The zero-order valence-electron chi connectivity index (χ0n) is 10.7. The molecule has 0 bridgehead atoms. The van der Waals surface area contributed by atoms with Crippen LogP contribution < -0.4 is 5.32 Å². The molecule has 2 aliphatic rings. The molecular formula is C13H25NO2. The predicted molar refractivity (Wildman–Crippen MR) is 64.6 cm³/mol. The monoisotopic (exact) mass is 227 g/mol. The Morgan fingerprint density at radius 1 is 1.00 bits per heavy atom. The molecule has 2 aliphatic heterocycles. The largest absolute Gasteiger partial charge is 0.375 e. The number of hydrogen-bond acceptors (Lipinski definition) is 3. The average Bonchev–Trinajstić information content (AvgIpc) is 2.15. The summed E-state index contributed by atoms with van der Waals surface area (Å²) in [5, 5.41) is 3.46. The van der Waals surface area contributed by atoms with Crippen LogP contribution in [-0.4, -0.2) is 37.0 Å². The fourth-order valence-electron chi connectivity index (χ4n) is 2.94. The summed E-state index contributed by atoms with van der Waals surface area (Å²) in [6, 6.07) is 0.605. The maximum atomic E-state index is 6.22. The lowest BCUT2D eigenvalue weighted by Gasteiger charge is -2.36. The van der Waals surface area contributed by atoms with E-state index >= 15 is 0 Å². The first kappa shape index (κ1) is 12.3. The van der Waals surface area contributed by atoms with Crippen molar-refractivity contribution < 1.29 is 9.47 Å². The zero-order valence-corrected chi connectivity index (χ0v) is 10.7. The highest BCUT2D eigenvalue weighted by Gasteiger charge is 2.28. The lowest BCUT2D eigenvalue weighted by Crippen LogP contribution is -2.43. The molecular weight excluding hydrogens is 202 g/mol. The van der Waals surface area contributed by atoms with Gasteiger partial charge in [-0.3, -0.25) is 0 Å². The van der Waals surface area contributed by atoms with Crippen molar-refractivity contribution in [3.63, 3.8) is 0 Å². The van der Waals surface area contributed by atoms with Crippen LogP contribution in [0.1, 0.15) is 46.5 Å². The van der Waals surface area contributed by atoms with Gasteiger partial charge in [0.15, 0.2) is 0 Å². The van der Waals surface area contributed by atoms with Crippen LogP contribution in [-0.2, 0) is 9.47 Å². The molecule has 0 saturated carbocycles. The van der Waals surface area contributed by atoms with E-state index in [0.29, 0.717) is 30.5 Å². The second-order valence-electron chi connectivity index (χ2n) is 5.49. The van der Waals surface area contributed by atoms with E-state index < -0.39 is 0 Å². The number of rotatable bonds is 2. The molecule has 94 valence electrons. The van der Waals surface area contributed by atoms with Gasteiger partial charge in [-0.2, -0.15) is 0 Å². The Bertz CT molecular complexity index is 212. The molecule has 2 rings (SSSR count). The molecule has 0 aromatic heterocycles. The highest BCUT2D eigenvalue weighted by Crippen LogP contribution is 2.25. The van der Waals surface area contributed by atoms with Gasteiger partial charge in [0.05, 0.1) is 24.4 Å². The summed E-state index contributed by atoms with van der Waals surface area (Å²) in [6.07, 6.45) is 6.00. The standard InChI is InChI=1S/C13H25NO2/c1-9-6-12(4-5-14-9)16-13-7-10(2)15-11(3)8-13/h9-14H,4-8H2,1-3H3. The summed E-state index contributed by atoms with van der Waals surface area (Å²) in [7, 11) is 0. The fraction of sp³-hybridized carbons (Fsp3) is 1.00. The van der Waals surface area contributed by atoms with Crippen molar-refractivity contribution in [1.29, 1.82) is 0 Å². The summed E-state index contributed by atoms with van der Waals surface area (Å²) in [6.45, 7) is 7.64. The van der Waals surface area contributed by atoms with E-state index in [2.05, 4.69) is 26.1 Å². The minimum absolute atomic E-state index is 0.355. The third-order valence-corrected chi connectivity index (χ3v) is 3.61.